The average molecular weight is 307 g/mol. The number of nitrogens with one attached hydrogen (secondary N) is 1. The molecule has 1 fully saturated rings. The summed E-state index contributed by atoms with van der Waals surface area (Å²) in [7, 11) is 0. The van der Waals surface area contributed by atoms with Gasteiger partial charge in [-0.05, 0) is 64.4 Å². The Bertz CT molecular complexity index is 472. The largest absolute Gasteiger partial charge is 0.307 e. The van der Waals surface area contributed by atoms with Crippen LogP contribution in [0.5, 0.6) is 0 Å². The number of likely N-dealkylation sites (tertiary alicyclic amines) is 1. The lowest BCUT2D eigenvalue weighted by atomic mass is 10.0. The van der Waals surface area contributed by atoms with Gasteiger partial charge in [-0.25, -0.2) is 0 Å². The molecule has 116 valence electrons. The molecule has 21 heavy (non-hydrogen) atoms. The third kappa shape index (κ3) is 5.46. The molecule has 0 amide bonds. The van der Waals surface area contributed by atoms with Gasteiger partial charge in [0.15, 0.2) is 0 Å². The highest BCUT2D eigenvalue weighted by Crippen LogP contribution is 2.20. The van der Waals surface area contributed by atoms with Gasteiger partial charge in [-0.2, -0.15) is 0 Å². The SMILES string of the molecule is CC(C)=CCN1CCC(N[C@H](C)c2cccc(Cl)c2)CC1. The molecule has 1 atom stereocenters. The number of hydrogen-bond acceptors (Lipinski definition) is 2. The van der Waals surface area contributed by atoms with E-state index in [2.05, 4.69) is 49.2 Å². The average Bonchev–Trinajstić information content (AvgIpc) is 2.46. The van der Waals surface area contributed by atoms with Crippen LogP contribution in [0.15, 0.2) is 35.9 Å². The molecule has 0 aliphatic carbocycles. The van der Waals surface area contributed by atoms with Crippen LogP contribution in [0, 0.1) is 0 Å². The highest BCUT2D eigenvalue weighted by atomic mass is 35.5. The van der Waals surface area contributed by atoms with Gasteiger partial charge in [-0.3, -0.25) is 4.90 Å². The zero-order valence-corrected chi connectivity index (χ0v) is 14.2. The molecule has 1 aromatic rings. The molecule has 1 heterocycles. The maximum Gasteiger partial charge on any atom is 0.0409 e. The van der Waals surface area contributed by atoms with E-state index in [1.54, 1.807) is 0 Å². The summed E-state index contributed by atoms with van der Waals surface area (Å²) in [5.74, 6) is 0. The molecule has 0 unspecified atom stereocenters. The van der Waals surface area contributed by atoms with Crippen LogP contribution in [0.2, 0.25) is 5.02 Å². The summed E-state index contributed by atoms with van der Waals surface area (Å²) in [4.78, 5) is 2.54. The van der Waals surface area contributed by atoms with E-state index in [4.69, 9.17) is 11.6 Å². The van der Waals surface area contributed by atoms with Crippen LogP contribution in [0.1, 0.15) is 45.2 Å². The van der Waals surface area contributed by atoms with Gasteiger partial charge in [0.05, 0.1) is 0 Å². The molecule has 1 aliphatic heterocycles. The predicted molar refractivity (Wildman–Crippen MR) is 91.9 cm³/mol. The summed E-state index contributed by atoms with van der Waals surface area (Å²) in [6.07, 6.45) is 4.77. The predicted octanol–water partition coefficient (Wildman–Crippen LogP) is 4.42. The Morgan fingerprint density at radius 3 is 2.71 bits per heavy atom. The van der Waals surface area contributed by atoms with Crippen molar-refractivity contribution in [2.45, 2.75) is 45.7 Å². The number of nitrogens with zero attached hydrogens (tertiary/aromatic N) is 1. The van der Waals surface area contributed by atoms with E-state index in [0.717, 1.165) is 11.6 Å². The molecule has 1 aromatic carbocycles. The molecule has 1 N–H and O–H groups in total. The summed E-state index contributed by atoms with van der Waals surface area (Å²) < 4.78 is 0. The van der Waals surface area contributed by atoms with E-state index in [0.29, 0.717) is 12.1 Å². The summed E-state index contributed by atoms with van der Waals surface area (Å²) >= 11 is 6.07. The van der Waals surface area contributed by atoms with Crippen molar-refractivity contribution in [3.63, 3.8) is 0 Å². The summed E-state index contributed by atoms with van der Waals surface area (Å²) in [6, 6.07) is 9.13. The molecule has 0 bridgehead atoms. The van der Waals surface area contributed by atoms with Crippen molar-refractivity contribution in [3.05, 3.63) is 46.5 Å². The van der Waals surface area contributed by atoms with Crippen molar-refractivity contribution in [3.8, 4) is 0 Å². The lowest BCUT2D eigenvalue weighted by Gasteiger charge is -2.33. The van der Waals surface area contributed by atoms with E-state index in [9.17, 15) is 0 Å². The van der Waals surface area contributed by atoms with Crippen LogP contribution in [0.4, 0.5) is 0 Å². The minimum absolute atomic E-state index is 0.359. The first-order chi connectivity index (χ1) is 10.0. The minimum Gasteiger partial charge on any atom is -0.307 e. The van der Waals surface area contributed by atoms with Crippen molar-refractivity contribution in [1.29, 1.82) is 0 Å². The van der Waals surface area contributed by atoms with Crippen LogP contribution < -0.4 is 5.32 Å². The van der Waals surface area contributed by atoms with Gasteiger partial charge in [0.1, 0.15) is 0 Å². The van der Waals surface area contributed by atoms with E-state index in [1.807, 2.05) is 12.1 Å². The zero-order chi connectivity index (χ0) is 15.2. The van der Waals surface area contributed by atoms with Crippen LogP contribution >= 0.6 is 11.6 Å². The maximum absolute atomic E-state index is 6.07. The summed E-state index contributed by atoms with van der Waals surface area (Å²) in [5.41, 5.74) is 2.68. The molecule has 0 spiro atoms. The fourth-order valence-corrected chi connectivity index (χ4v) is 3.02. The lowest BCUT2D eigenvalue weighted by Crippen LogP contribution is -2.43. The highest BCUT2D eigenvalue weighted by molar-refractivity contribution is 6.30. The first kappa shape index (κ1) is 16.5. The Morgan fingerprint density at radius 2 is 2.10 bits per heavy atom. The number of allylic oxidation sites excluding steroid dienone is 1. The number of hydrogen-bond donors (Lipinski definition) is 1. The molecule has 0 aromatic heterocycles. The maximum atomic E-state index is 6.07. The quantitative estimate of drug-likeness (QED) is 0.810. The molecule has 1 aliphatic rings. The number of rotatable bonds is 5. The molecule has 2 nitrogen and oxygen atoms in total. The molecule has 0 saturated carbocycles. The third-order valence-corrected chi connectivity index (χ3v) is 4.41. The van der Waals surface area contributed by atoms with Crippen LogP contribution in [0.3, 0.4) is 0 Å². The second-order valence-electron chi connectivity index (χ2n) is 6.30. The van der Waals surface area contributed by atoms with Crippen molar-refractivity contribution in [2.24, 2.45) is 0 Å². The van der Waals surface area contributed by atoms with Crippen molar-refractivity contribution in [1.82, 2.24) is 10.2 Å². The van der Waals surface area contributed by atoms with Gasteiger partial charge in [0.25, 0.3) is 0 Å². The Balaban J connectivity index is 1.79. The number of benzene rings is 1. The van der Waals surface area contributed by atoms with Crippen molar-refractivity contribution < 1.29 is 0 Å². The van der Waals surface area contributed by atoms with E-state index >= 15 is 0 Å². The molecular weight excluding hydrogens is 280 g/mol. The van der Waals surface area contributed by atoms with Gasteiger partial charge in [-0.15, -0.1) is 0 Å². The Labute approximate surface area is 134 Å². The second kappa shape index (κ2) is 7.98. The molecule has 0 radical (unpaired) electrons. The topological polar surface area (TPSA) is 15.3 Å². The van der Waals surface area contributed by atoms with Crippen molar-refractivity contribution >= 4 is 11.6 Å². The monoisotopic (exact) mass is 306 g/mol. The first-order valence-corrected chi connectivity index (χ1v) is 8.29. The van der Waals surface area contributed by atoms with Crippen molar-refractivity contribution in [2.75, 3.05) is 19.6 Å². The standard InChI is InChI=1S/C18H27ClN2/c1-14(2)7-10-21-11-8-18(9-12-21)20-15(3)16-5-4-6-17(19)13-16/h4-7,13,15,18,20H,8-12H2,1-3H3/t15-/m1/s1. The Hall–Kier alpha value is -0.830. The Kier molecular flexibility index (Phi) is 6.28. The fourth-order valence-electron chi connectivity index (χ4n) is 2.82. The summed E-state index contributed by atoms with van der Waals surface area (Å²) in [6.45, 7) is 10.0. The zero-order valence-electron chi connectivity index (χ0n) is 13.4. The highest BCUT2D eigenvalue weighted by Gasteiger charge is 2.20. The smallest absolute Gasteiger partial charge is 0.0409 e. The first-order valence-electron chi connectivity index (χ1n) is 7.92. The van der Waals surface area contributed by atoms with Gasteiger partial charge >= 0.3 is 0 Å². The van der Waals surface area contributed by atoms with Gasteiger partial charge in [0, 0.05) is 23.7 Å². The van der Waals surface area contributed by atoms with E-state index < -0.39 is 0 Å². The number of piperidine rings is 1. The van der Waals surface area contributed by atoms with Gasteiger partial charge in [-0.1, -0.05) is 35.4 Å². The van der Waals surface area contributed by atoms with E-state index in [1.165, 1.54) is 37.1 Å². The molecule has 3 heteroatoms. The second-order valence-corrected chi connectivity index (χ2v) is 6.74. The third-order valence-electron chi connectivity index (χ3n) is 4.18. The molecule has 2 rings (SSSR count). The van der Waals surface area contributed by atoms with Crippen LogP contribution in [-0.4, -0.2) is 30.6 Å². The fraction of sp³-hybridized carbons (Fsp3) is 0.556. The molecular formula is C18H27ClN2. The van der Waals surface area contributed by atoms with E-state index in [-0.39, 0.29) is 0 Å². The Morgan fingerprint density at radius 1 is 1.38 bits per heavy atom. The van der Waals surface area contributed by atoms with Gasteiger partial charge < -0.3 is 5.32 Å². The summed E-state index contributed by atoms with van der Waals surface area (Å²) in [5, 5.41) is 4.56. The normalized spacial score (nSPS) is 18.5. The van der Waals surface area contributed by atoms with Gasteiger partial charge in [0.2, 0.25) is 0 Å². The van der Waals surface area contributed by atoms with Crippen LogP contribution in [-0.2, 0) is 0 Å². The van der Waals surface area contributed by atoms with Crippen LogP contribution in [0.25, 0.3) is 0 Å². The lowest BCUT2D eigenvalue weighted by molar-refractivity contribution is 0.208. The molecule has 1 saturated heterocycles. The minimum atomic E-state index is 0.359. The number of halogens is 1.